The van der Waals surface area contributed by atoms with E-state index in [0.29, 0.717) is 30.8 Å². The Morgan fingerprint density at radius 3 is 2.78 bits per heavy atom. The summed E-state index contributed by atoms with van der Waals surface area (Å²) in [5, 5.41) is 18.3. The van der Waals surface area contributed by atoms with Crippen molar-refractivity contribution in [1.82, 2.24) is 15.1 Å². The number of aromatic nitrogens is 2. The van der Waals surface area contributed by atoms with Gasteiger partial charge in [0.05, 0.1) is 6.54 Å². The Bertz CT molecular complexity index is 742. The number of amides is 1. The molecule has 0 fully saturated rings. The average molecular weight is 318 g/mol. The number of carbonyl (C=O) groups excluding carboxylic acids is 1. The van der Waals surface area contributed by atoms with E-state index in [1.54, 1.807) is 0 Å². The van der Waals surface area contributed by atoms with Gasteiger partial charge in [0.2, 0.25) is 5.91 Å². The second-order valence-electron chi connectivity index (χ2n) is 5.35. The van der Waals surface area contributed by atoms with Crippen LogP contribution in [0.15, 0.2) is 24.3 Å². The van der Waals surface area contributed by atoms with Crippen molar-refractivity contribution < 1.29 is 19.1 Å². The second-order valence-corrected chi connectivity index (χ2v) is 5.35. The molecule has 23 heavy (non-hydrogen) atoms. The Hall–Kier alpha value is -2.74. The van der Waals surface area contributed by atoms with E-state index in [9.17, 15) is 14.0 Å². The molecular weight excluding hydrogens is 303 g/mol. The van der Waals surface area contributed by atoms with Crippen LogP contribution in [0.25, 0.3) is 0 Å². The van der Waals surface area contributed by atoms with Gasteiger partial charge in [-0.2, -0.15) is 5.10 Å². The molecule has 8 heteroatoms. The fourth-order valence-corrected chi connectivity index (χ4v) is 2.60. The summed E-state index contributed by atoms with van der Waals surface area (Å²) >= 11 is 0. The minimum atomic E-state index is -1.08. The molecule has 0 unspecified atom stereocenters. The van der Waals surface area contributed by atoms with Crippen LogP contribution in [0, 0.1) is 5.82 Å². The molecule has 1 aliphatic rings. The SMILES string of the molecule is O=C(CN1CCc2[nH]nc(C(=O)O)c2C1)Nc1ccc(F)cc1. The Labute approximate surface area is 131 Å². The van der Waals surface area contributed by atoms with Gasteiger partial charge >= 0.3 is 5.97 Å². The number of anilines is 1. The lowest BCUT2D eigenvalue weighted by Crippen LogP contribution is -2.37. The number of carbonyl (C=O) groups is 2. The van der Waals surface area contributed by atoms with Gasteiger partial charge in [-0.25, -0.2) is 9.18 Å². The fraction of sp³-hybridized carbons (Fsp3) is 0.267. The highest BCUT2D eigenvalue weighted by atomic mass is 19.1. The summed E-state index contributed by atoms with van der Waals surface area (Å²) in [7, 11) is 0. The molecule has 2 aromatic rings. The Kier molecular flexibility index (Phi) is 4.07. The summed E-state index contributed by atoms with van der Waals surface area (Å²) in [6.07, 6.45) is 0.611. The van der Waals surface area contributed by atoms with E-state index in [0.717, 1.165) is 5.69 Å². The zero-order valence-corrected chi connectivity index (χ0v) is 12.2. The second kappa shape index (κ2) is 6.17. The number of hydrogen-bond acceptors (Lipinski definition) is 4. The zero-order valence-electron chi connectivity index (χ0n) is 12.2. The van der Waals surface area contributed by atoms with E-state index in [2.05, 4.69) is 15.5 Å². The van der Waals surface area contributed by atoms with Crippen LogP contribution in [-0.4, -0.2) is 45.2 Å². The molecule has 1 aromatic heterocycles. The minimum Gasteiger partial charge on any atom is -0.476 e. The molecular formula is C15H15FN4O3. The quantitative estimate of drug-likeness (QED) is 0.788. The number of rotatable bonds is 4. The van der Waals surface area contributed by atoms with Crippen molar-refractivity contribution in [3.8, 4) is 0 Å². The molecule has 0 radical (unpaired) electrons. The number of carboxylic acid groups (broad SMARTS) is 1. The van der Waals surface area contributed by atoms with Crippen LogP contribution in [-0.2, 0) is 17.8 Å². The van der Waals surface area contributed by atoms with E-state index >= 15 is 0 Å². The monoisotopic (exact) mass is 318 g/mol. The highest BCUT2D eigenvalue weighted by Gasteiger charge is 2.26. The van der Waals surface area contributed by atoms with Gasteiger partial charge < -0.3 is 10.4 Å². The van der Waals surface area contributed by atoms with Gasteiger partial charge in [0, 0.05) is 36.5 Å². The van der Waals surface area contributed by atoms with Crippen molar-refractivity contribution in [2.24, 2.45) is 0 Å². The largest absolute Gasteiger partial charge is 0.476 e. The highest BCUT2D eigenvalue weighted by Crippen LogP contribution is 2.20. The maximum Gasteiger partial charge on any atom is 0.356 e. The lowest BCUT2D eigenvalue weighted by atomic mass is 10.1. The average Bonchev–Trinajstić information content (AvgIpc) is 2.93. The molecule has 0 spiro atoms. The maximum absolute atomic E-state index is 12.8. The van der Waals surface area contributed by atoms with E-state index in [-0.39, 0.29) is 24.0 Å². The number of benzene rings is 1. The molecule has 1 aromatic carbocycles. The zero-order chi connectivity index (χ0) is 16.4. The molecule has 120 valence electrons. The third-order valence-electron chi connectivity index (χ3n) is 3.71. The van der Waals surface area contributed by atoms with Crippen LogP contribution in [0.1, 0.15) is 21.7 Å². The first kappa shape index (κ1) is 15.2. The smallest absolute Gasteiger partial charge is 0.356 e. The summed E-state index contributed by atoms with van der Waals surface area (Å²) in [5.74, 6) is -1.69. The number of H-pyrrole nitrogens is 1. The number of halogens is 1. The van der Waals surface area contributed by atoms with Gasteiger partial charge in [0.1, 0.15) is 5.82 Å². The molecule has 1 aliphatic heterocycles. The standard InChI is InChI=1S/C15H15FN4O3/c16-9-1-3-10(4-2-9)17-13(21)8-20-6-5-12-11(7-20)14(15(22)23)19-18-12/h1-4H,5-8H2,(H,17,21)(H,18,19)(H,22,23). The molecule has 3 N–H and O–H groups in total. The summed E-state index contributed by atoms with van der Waals surface area (Å²) < 4.78 is 12.8. The number of aromatic amines is 1. The third-order valence-corrected chi connectivity index (χ3v) is 3.71. The van der Waals surface area contributed by atoms with Crippen molar-refractivity contribution >= 4 is 17.6 Å². The van der Waals surface area contributed by atoms with Crippen LogP contribution in [0.2, 0.25) is 0 Å². The molecule has 0 atom stereocenters. The molecule has 7 nitrogen and oxygen atoms in total. The van der Waals surface area contributed by atoms with Crippen LogP contribution >= 0.6 is 0 Å². The van der Waals surface area contributed by atoms with Crippen molar-refractivity contribution in [1.29, 1.82) is 0 Å². The van der Waals surface area contributed by atoms with Crippen LogP contribution in [0.4, 0.5) is 10.1 Å². The van der Waals surface area contributed by atoms with E-state index < -0.39 is 5.97 Å². The highest BCUT2D eigenvalue weighted by molar-refractivity contribution is 5.92. The van der Waals surface area contributed by atoms with Gasteiger partial charge in [-0.15, -0.1) is 0 Å². The lowest BCUT2D eigenvalue weighted by molar-refractivity contribution is -0.117. The predicted octanol–water partition coefficient (Wildman–Crippen LogP) is 1.24. The molecule has 0 aliphatic carbocycles. The summed E-state index contributed by atoms with van der Waals surface area (Å²) in [6.45, 7) is 1.11. The fourth-order valence-electron chi connectivity index (χ4n) is 2.60. The van der Waals surface area contributed by atoms with Gasteiger partial charge in [-0.3, -0.25) is 14.8 Å². The van der Waals surface area contributed by atoms with E-state index in [4.69, 9.17) is 5.11 Å². The van der Waals surface area contributed by atoms with Crippen molar-refractivity contribution in [2.45, 2.75) is 13.0 Å². The molecule has 3 rings (SSSR count). The first-order valence-electron chi connectivity index (χ1n) is 7.10. The van der Waals surface area contributed by atoms with E-state index in [1.807, 2.05) is 4.90 Å². The van der Waals surface area contributed by atoms with Crippen molar-refractivity contribution in [3.63, 3.8) is 0 Å². The van der Waals surface area contributed by atoms with Crippen molar-refractivity contribution in [3.05, 3.63) is 47.0 Å². The number of nitrogens with one attached hydrogen (secondary N) is 2. The molecule has 2 heterocycles. The number of nitrogens with zero attached hydrogens (tertiary/aromatic N) is 2. The summed E-state index contributed by atoms with van der Waals surface area (Å²) in [5.41, 5.74) is 1.95. The molecule has 0 bridgehead atoms. The van der Waals surface area contributed by atoms with Gasteiger partial charge in [0.25, 0.3) is 0 Å². The Balaban J connectivity index is 1.62. The van der Waals surface area contributed by atoms with Crippen LogP contribution < -0.4 is 5.32 Å². The van der Waals surface area contributed by atoms with Gasteiger partial charge in [-0.1, -0.05) is 0 Å². The number of fused-ring (bicyclic) bond motifs is 1. The Morgan fingerprint density at radius 2 is 2.09 bits per heavy atom. The normalized spacial score (nSPS) is 14.3. The van der Waals surface area contributed by atoms with Crippen LogP contribution in [0.3, 0.4) is 0 Å². The minimum absolute atomic E-state index is 0.00337. The van der Waals surface area contributed by atoms with Gasteiger partial charge in [-0.05, 0) is 24.3 Å². The van der Waals surface area contributed by atoms with E-state index in [1.165, 1.54) is 24.3 Å². The Morgan fingerprint density at radius 1 is 1.35 bits per heavy atom. The summed E-state index contributed by atoms with van der Waals surface area (Å²) in [6, 6.07) is 5.51. The summed E-state index contributed by atoms with van der Waals surface area (Å²) in [4.78, 5) is 25.0. The van der Waals surface area contributed by atoms with Crippen LogP contribution in [0.5, 0.6) is 0 Å². The predicted molar refractivity (Wildman–Crippen MR) is 79.6 cm³/mol. The number of hydrogen-bond donors (Lipinski definition) is 3. The maximum atomic E-state index is 12.8. The topological polar surface area (TPSA) is 98.3 Å². The lowest BCUT2D eigenvalue weighted by Gasteiger charge is -2.26. The molecule has 0 saturated carbocycles. The third kappa shape index (κ3) is 3.37. The van der Waals surface area contributed by atoms with Crippen molar-refractivity contribution in [2.75, 3.05) is 18.4 Å². The number of aromatic carboxylic acids is 1. The molecule has 0 saturated heterocycles. The van der Waals surface area contributed by atoms with Gasteiger partial charge in [0.15, 0.2) is 5.69 Å². The molecule has 1 amide bonds. The first-order chi connectivity index (χ1) is 11.0. The number of carboxylic acids is 1. The first-order valence-corrected chi connectivity index (χ1v) is 7.10.